The summed E-state index contributed by atoms with van der Waals surface area (Å²) in [5.41, 5.74) is 0.677. The molecule has 0 saturated heterocycles. The molecule has 128 valence electrons. The first-order valence-corrected chi connectivity index (χ1v) is 7.79. The second-order valence-corrected chi connectivity index (χ2v) is 5.68. The Morgan fingerprint density at radius 1 is 1.26 bits per heavy atom. The molecule has 0 radical (unpaired) electrons. The molecule has 0 spiro atoms. The number of likely N-dealkylation sites (N-methyl/N-ethyl adjacent to an activating group) is 2. The van der Waals surface area contributed by atoms with E-state index in [9.17, 15) is 9.59 Å². The van der Waals surface area contributed by atoms with E-state index >= 15 is 0 Å². The van der Waals surface area contributed by atoms with Gasteiger partial charge in [0.2, 0.25) is 11.8 Å². The van der Waals surface area contributed by atoms with Crippen molar-refractivity contribution in [2.75, 3.05) is 39.1 Å². The van der Waals surface area contributed by atoms with Crippen LogP contribution in [0, 0.1) is 0 Å². The smallest absolute Gasteiger partial charge is 0.238 e. The van der Waals surface area contributed by atoms with E-state index in [-0.39, 0.29) is 30.9 Å². The normalized spacial score (nSPS) is 10.7. The lowest BCUT2D eigenvalue weighted by Crippen LogP contribution is -2.43. The first-order valence-electron chi connectivity index (χ1n) is 7.79. The molecule has 0 fully saturated rings. The summed E-state index contributed by atoms with van der Waals surface area (Å²) in [5, 5.41) is 2.82. The van der Waals surface area contributed by atoms with Crippen molar-refractivity contribution in [3.63, 3.8) is 0 Å². The standard InChI is InChI=1S/C17H27N3O3/c1-6-20(12-17(22)19(4)13(2)3)11-16(21)18-14-8-7-9-15(10-14)23-5/h7-10,13H,6,11-12H2,1-5H3,(H,18,21). The van der Waals surface area contributed by atoms with Gasteiger partial charge in [-0.2, -0.15) is 0 Å². The van der Waals surface area contributed by atoms with Crippen LogP contribution in [0.2, 0.25) is 0 Å². The average molecular weight is 321 g/mol. The number of hydrogen-bond acceptors (Lipinski definition) is 4. The molecule has 23 heavy (non-hydrogen) atoms. The number of ether oxygens (including phenoxy) is 1. The summed E-state index contributed by atoms with van der Waals surface area (Å²) >= 11 is 0. The number of carbonyl (C=O) groups excluding carboxylic acids is 2. The van der Waals surface area contributed by atoms with Crippen LogP contribution >= 0.6 is 0 Å². The van der Waals surface area contributed by atoms with Gasteiger partial charge in [0.25, 0.3) is 0 Å². The fraction of sp³-hybridized carbons (Fsp3) is 0.529. The number of hydrogen-bond donors (Lipinski definition) is 1. The van der Waals surface area contributed by atoms with E-state index in [1.807, 2.05) is 37.8 Å². The Morgan fingerprint density at radius 3 is 2.52 bits per heavy atom. The minimum Gasteiger partial charge on any atom is -0.497 e. The minimum atomic E-state index is -0.153. The predicted octanol–water partition coefficient (Wildman–Crippen LogP) is 1.82. The van der Waals surface area contributed by atoms with E-state index in [0.717, 1.165) is 0 Å². The van der Waals surface area contributed by atoms with Gasteiger partial charge in [-0.25, -0.2) is 0 Å². The highest BCUT2D eigenvalue weighted by Gasteiger charge is 2.17. The van der Waals surface area contributed by atoms with Gasteiger partial charge in [-0.3, -0.25) is 14.5 Å². The van der Waals surface area contributed by atoms with Crippen molar-refractivity contribution < 1.29 is 14.3 Å². The van der Waals surface area contributed by atoms with Crippen molar-refractivity contribution in [2.45, 2.75) is 26.8 Å². The number of nitrogens with zero attached hydrogens (tertiary/aromatic N) is 2. The molecule has 6 heteroatoms. The highest BCUT2D eigenvalue weighted by Crippen LogP contribution is 2.16. The molecule has 0 aliphatic heterocycles. The first kappa shape index (κ1) is 19.0. The average Bonchev–Trinajstić information content (AvgIpc) is 2.53. The number of methoxy groups -OCH3 is 1. The fourth-order valence-electron chi connectivity index (χ4n) is 1.97. The van der Waals surface area contributed by atoms with Crippen LogP contribution in [-0.4, -0.2) is 61.4 Å². The summed E-state index contributed by atoms with van der Waals surface area (Å²) in [6.45, 7) is 6.89. The Labute approximate surface area is 138 Å². The Kier molecular flexibility index (Phi) is 7.54. The van der Waals surface area contributed by atoms with Crippen molar-refractivity contribution in [1.82, 2.24) is 9.80 Å². The molecule has 0 heterocycles. The summed E-state index contributed by atoms with van der Waals surface area (Å²) in [6.07, 6.45) is 0. The van der Waals surface area contributed by atoms with Crippen molar-refractivity contribution in [3.8, 4) is 5.75 Å². The number of anilines is 1. The molecule has 0 aromatic heterocycles. The minimum absolute atomic E-state index is 0.0102. The zero-order chi connectivity index (χ0) is 17.4. The molecule has 2 amide bonds. The summed E-state index contributed by atoms with van der Waals surface area (Å²) in [4.78, 5) is 27.8. The third kappa shape index (κ3) is 6.28. The maximum atomic E-state index is 12.1. The fourth-order valence-corrected chi connectivity index (χ4v) is 1.97. The summed E-state index contributed by atoms with van der Waals surface area (Å²) in [6, 6.07) is 7.33. The summed E-state index contributed by atoms with van der Waals surface area (Å²) < 4.78 is 5.13. The van der Waals surface area contributed by atoms with Crippen LogP contribution in [0.25, 0.3) is 0 Å². The van der Waals surface area contributed by atoms with Crippen LogP contribution in [0.5, 0.6) is 5.75 Å². The predicted molar refractivity (Wildman–Crippen MR) is 91.6 cm³/mol. The molecule has 1 rings (SSSR count). The maximum Gasteiger partial charge on any atom is 0.238 e. The molecule has 1 aromatic carbocycles. The van der Waals surface area contributed by atoms with Gasteiger partial charge >= 0.3 is 0 Å². The second-order valence-electron chi connectivity index (χ2n) is 5.68. The van der Waals surface area contributed by atoms with E-state index in [1.54, 1.807) is 31.2 Å². The SMILES string of the molecule is CCN(CC(=O)Nc1cccc(OC)c1)CC(=O)N(C)C(C)C. The van der Waals surface area contributed by atoms with Crippen LogP contribution in [-0.2, 0) is 9.59 Å². The Morgan fingerprint density at radius 2 is 1.96 bits per heavy atom. The highest BCUT2D eigenvalue weighted by atomic mass is 16.5. The lowest BCUT2D eigenvalue weighted by Gasteiger charge is -2.26. The van der Waals surface area contributed by atoms with Crippen LogP contribution in [0.3, 0.4) is 0 Å². The van der Waals surface area contributed by atoms with E-state index in [1.165, 1.54) is 0 Å². The van der Waals surface area contributed by atoms with E-state index in [2.05, 4.69) is 5.32 Å². The molecule has 1 aromatic rings. The van der Waals surface area contributed by atoms with Gasteiger partial charge in [0.15, 0.2) is 0 Å². The van der Waals surface area contributed by atoms with Gasteiger partial charge in [-0.1, -0.05) is 13.0 Å². The van der Waals surface area contributed by atoms with Crippen LogP contribution in [0.15, 0.2) is 24.3 Å². The monoisotopic (exact) mass is 321 g/mol. The molecule has 0 aliphatic carbocycles. The van der Waals surface area contributed by atoms with Crippen molar-refractivity contribution in [1.29, 1.82) is 0 Å². The second kappa shape index (κ2) is 9.15. The lowest BCUT2D eigenvalue weighted by molar-refractivity contribution is -0.132. The summed E-state index contributed by atoms with van der Waals surface area (Å²) in [7, 11) is 3.35. The van der Waals surface area contributed by atoms with Crippen molar-refractivity contribution in [2.24, 2.45) is 0 Å². The molecular weight excluding hydrogens is 294 g/mol. The number of rotatable bonds is 8. The molecule has 1 N–H and O–H groups in total. The first-order chi connectivity index (χ1) is 10.9. The van der Waals surface area contributed by atoms with E-state index in [4.69, 9.17) is 4.74 Å². The molecule has 0 aliphatic rings. The number of amides is 2. The summed E-state index contributed by atoms with van der Waals surface area (Å²) in [5.74, 6) is 0.542. The zero-order valence-corrected chi connectivity index (χ0v) is 14.6. The molecule has 0 unspecified atom stereocenters. The number of nitrogens with one attached hydrogen (secondary N) is 1. The van der Waals surface area contributed by atoms with Crippen molar-refractivity contribution in [3.05, 3.63) is 24.3 Å². The van der Waals surface area contributed by atoms with Crippen molar-refractivity contribution >= 4 is 17.5 Å². The molecule has 6 nitrogen and oxygen atoms in total. The van der Waals surface area contributed by atoms with Crippen LogP contribution < -0.4 is 10.1 Å². The quantitative estimate of drug-likeness (QED) is 0.793. The maximum absolute atomic E-state index is 12.1. The van der Waals surface area contributed by atoms with Gasteiger partial charge in [0.1, 0.15) is 5.75 Å². The molecule has 0 bridgehead atoms. The van der Waals surface area contributed by atoms with Gasteiger partial charge < -0.3 is 15.0 Å². The molecule has 0 atom stereocenters. The Balaban J connectivity index is 2.57. The Hall–Kier alpha value is -2.08. The van der Waals surface area contributed by atoms with Gasteiger partial charge in [0.05, 0.1) is 20.2 Å². The molecular formula is C17H27N3O3. The Bertz CT molecular complexity index is 532. The highest BCUT2D eigenvalue weighted by molar-refractivity contribution is 5.92. The number of benzene rings is 1. The lowest BCUT2D eigenvalue weighted by atomic mass is 10.3. The van der Waals surface area contributed by atoms with Crippen LogP contribution in [0.4, 0.5) is 5.69 Å². The molecule has 0 saturated carbocycles. The van der Waals surface area contributed by atoms with Gasteiger partial charge in [0, 0.05) is 24.8 Å². The van der Waals surface area contributed by atoms with Gasteiger partial charge in [-0.15, -0.1) is 0 Å². The van der Waals surface area contributed by atoms with Gasteiger partial charge in [-0.05, 0) is 32.5 Å². The third-order valence-electron chi connectivity index (χ3n) is 3.69. The van der Waals surface area contributed by atoms with E-state index < -0.39 is 0 Å². The third-order valence-corrected chi connectivity index (χ3v) is 3.69. The zero-order valence-electron chi connectivity index (χ0n) is 14.6. The number of carbonyl (C=O) groups is 2. The van der Waals surface area contributed by atoms with E-state index in [0.29, 0.717) is 18.0 Å². The largest absolute Gasteiger partial charge is 0.497 e. The topological polar surface area (TPSA) is 61.9 Å². The van der Waals surface area contributed by atoms with Crippen LogP contribution in [0.1, 0.15) is 20.8 Å².